The zero-order valence-corrected chi connectivity index (χ0v) is 17.0. The molecule has 0 bridgehead atoms. The van der Waals surface area contributed by atoms with Crippen LogP contribution in [0.4, 0.5) is 11.5 Å². The first-order valence-electron chi connectivity index (χ1n) is 10.3. The lowest BCUT2D eigenvalue weighted by Crippen LogP contribution is -2.44. The SMILES string of the molecule is CN1CCN(c2ccc(CNc3n[nH]c4ncc(-c5ccncc5)cc34)cc2)CC1. The second-order valence-corrected chi connectivity index (χ2v) is 7.74. The molecule has 2 N–H and O–H groups in total. The van der Waals surface area contributed by atoms with Gasteiger partial charge in [0, 0.05) is 62.6 Å². The smallest absolute Gasteiger partial charge is 0.157 e. The maximum Gasteiger partial charge on any atom is 0.157 e. The van der Waals surface area contributed by atoms with Crippen LogP contribution in [0, 0.1) is 0 Å². The zero-order chi connectivity index (χ0) is 20.3. The lowest BCUT2D eigenvalue weighted by atomic mass is 10.1. The van der Waals surface area contributed by atoms with E-state index >= 15 is 0 Å². The molecule has 4 aromatic rings. The lowest BCUT2D eigenvalue weighted by Gasteiger charge is -2.34. The highest BCUT2D eigenvalue weighted by molar-refractivity contribution is 5.90. The highest BCUT2D eigenvalue weighted by Gasteiger charge is 2.14. The van der Waals surface area contributed by atoms with E-state index in [0.29, 0.717) is 6.54 Å². The number of likely N-dealkylation sites (N-methyl/N-ethyl adjacent to an activating group) is 1. The number of anilines is 2. The molecule has 1 aliphatic heterocycles. The summed E-state index contributed by atoms with van der Waals surface area (Å²) in [7, 11) is 2.18. The van der Waals surface area contributed by atoms with Crippen molar-refractivity contribution in [2.24, 2.45) is 0 Å². The van der Waals surface area contributed by atoms with Crippen molar-refractivity contribution in [1.29, 1.82) is 0 Å². The largest absolute Gasteiger partial charge is 0.369 e. The van der Waals surface area contributed by atoms with E-state index in [1.807, 2.05) is 18.3 Å². The van der Waals surface area contributed by atoms with Crippen LogP contribution in [0.15, 0.2) is 61.1 Å². The number of benzene rings is 1. The van der Waals surface area contributed by atoms with Crippen molar-refractivity contribution in [1.82, 2.24) is 25.1 Å². The van der Waals surface area contributed by atoms with Gasteiger partial charge >= 0.3 is 0 Å². The molecule has 1 aromatic carbocycles. The highest BCUT2D eigenvalue weighted by Crippen LogP contribution is 2.26. The summed E-state index contributed by atoms with van der Waals surface area (Å²) in [5.41, 5.74) is 5.43. The van der Waals surface area contributed by atoms with Crippen molar-refractivity contribution >= 4 is 22.5 Å². The third-order valence-corrected chi connectivity index (χ3v) is 5.69. The molecular formula is C23H25N7. The van der Waals surface area contributed by atoms with Crippen LogP contribution < -0.4 is 10.2 Å². The van der Waals surface area contributed by atoms with Crippen LogP contribution in [0.25, 0.3) is 22.2 Å². The van der Waals surface area contributed by atoms with Gasteiger partial charge in [0.2, 0.25) is 0 Å². The summed E-state index contributed by atoms with van der Waals surface area (Å²) in [5.74, 6) is 0.816. The van der Waals surface area contributed by atoms with Gasteiger partial charge in [-0.1, -0.05) is 12.1 Å². The molecule has 0 unspecified atom stereocenters. The van der Waals surface area contributed by atoms with Gasteiger partial charge in [0.25, 0.3) is 0 Å². The molecule has 7 heteroatoms. The fourth-order valence-corrected chi connectivity index (χ4v) is 3.82. The Morgan fingerprint density at radius 1 is 0.967 bits per heavy atom. The predicted molar refractivity (Wildman–Crippen MR) is 121 cm³/mol. The van der Waals surface area contributed by atoms with E-state index in [1.165, 1.54) is 11.3 Å². The number of hydrogen-bond acceptors (Lipinski definition) is 6. The quantitative estimate of drug-likeness (QED) is 0.536. The molecule has 7 nitrogen and oxygen atoms in total. The first-order chi connectivity index (χ1) is 14.8. The average molecular weight is 400 g/mol. The summed E-state index contributed by atoms with van der Waals surface area (Å²) in [5, 5.41) is 11.9. The average Bonchev–Trinajstić information content (AvgIpc) is 3.21. The minimum Gasteiger partial charge on any atom is -0.369 e. The third-order valence-electron chi connectivity index (χ3n) is 5.69. The summed E-state index contributed by atoms with van der Waals surface area (Å²) in [6, 6.07) is 14.9. The molecule has 5 rings (SSSR count). The van der Waals surface area contributed by atoms with Crippen LogP contribution in [0.5, 0.6) is 0 Å². The van der Waals surface area contributed by atoms with E-state index in [9.17, 15) is 0 Å². The number of piperazine rings is 1. The molecule has 152 valence electrons. The molecule has 0 amide bonds. The minimum atomic E-state index is 0.711. The third kappa shape index (κ3) is 3.84. The van der Waals surface area contributed by atoms with Gasteiger partial charge in [-0.05, 0) is 48.5 Å². The van der Waals surface area contributed by atoms with E-state index in [1.54, 1.807) is 12.4 Å². The highest BCUT2D eigenvalue weighted by atomic mass is 15.2. The first-order valence-corrected chi connectivity index (χ1v) is 10.3. The molecule has 1 aliphatic rings. The number of hydrogen-bond donors (Lipinski definition) is 2. The minimum absolute atomic E-state index is 0.711. The summed E-state index contributed by atoms with van der Waals surface area (Å²) >= 11 is 0. The van der Waals surface area contributed by atoms with Gasteiger partial charge in [-0.25, -0.2) is 4.98 Å². The number of aromatic amines is 1. The van der Waals surface area contributed by atoms with Crippen LogP contribution in [0.1, 0.15) is 5.56 Å². The number of nitrogens with one attached hydrogen (secondary N) is 2. The van der Waals surface area contributed by atoms with Crippen LogP contribution in [0.3, 0.4) is 0 Å². The number of pyridine rings is 2. The number of rotatable bonds is 5. The summed E-state index contributed by atoms with van der Waals surface area (Å²) in [6.45, 7) is 5.11. The Morgan fingerprint density at radius 3 is 2.50 bits per heavy atom. The van der Waals surface area contributed by atoms with E-state index in [4.69, 9.17) is 0 Å². The van der Waals surface area contributed by atoms with E-state index in [0.717, 1.165) is 54.2 Å². The van der Waals surface area contributed by atoms with Gasteiger partial charge in [-0.15, -0.1) is 0 Å². The Morgan fingerprint density at radius 2 is 1.73 bits per heavy atom. The van der Waals surface area contributed by atoms with Gasteiger partial charge < -0.3 is 15.1 Å². The molecule has 0 radical (unpaired) electrons. The molecule has 0 spiro atoms. The number of nitrogens with zero attached hydrogens (tertiary/aromatic N) is 5. The Balaban J connectivity index is 1.29. The van der Waals surface area contributed by atoms with Crippen LogP contribution in [-0.4, -0.2) is 58.3 Å². The fraction of sp³-hybridized carbons (Fsp3) is 0.261. The van der Waals surface area contributed by atoms with Crippen LogP contribution in [0.2, 0.25) is 0 Å². The van der Waals surface area contributed by atoms with E-state index in [2.05, 4.69) is 72.7 Å². The maximum atomic E-state index is 4.51. The molecule has 0 atom stereocenters. The van der Waals surface area contributed by atoms with Gasteiger partial charge in [0.1, 0.15) is 0 Å². The van der Waals surface area contributed by atoms with E-state index in [-0.39, 0.29) is 0 Å². The predicted octanol–water partition coefficient (Wildman–Crippen LogP) is 3.38. The topological polar surface area (TPSA) is 73.0 Å². The first kappa shape index (κ1) is 18.6. The van der Waals surface area contributed by atoms with Crippen LogP contribution in [-0.2, 0) is 6.54 Å². The summed E-state index contributed by atoms with van der Waals surface area (Å²) in [4.78, 5) is 13.4. The second kappa shape index (κ2) is 8.12. The number of fused-ring (bicyclic) bond motifs is 1. The Hall–Kier alpha value is -3.45. The molecule has 4 heterocycles. The van der Waals surface area contributed by atoms with E-state index < -0.39 is 0 Å². The van der Waals surface area contributed by atoms with Crippen molar-refractivity contribution < 1.29 is 0 Å². The molecule has 3 aromatic heterocycles. The summed E-state index contributed by atoms with van der Waals surface area (Å²) < 4.78 is 0. The van der Waals surface area contributed by atoms with Crippen molar-refractivity contribution in [2.75, 3.05) is 43.4 Å². The van der Waals surface area contributed by atoms with Gasteiger partial charge in [-0.2, -0.15) is 5.10 Å². The number of aromatic nitrogens is 4. The standard InChI is InChI=1S/C23H25N7/c1-29-10-12-30(13-11-29)20-4-2-17(3-5-20)15-25-22-21-14-19(16-26-23(21)28-27-22)18-6-8-24-9-7-18/h2-9,14,16H,10-13,15H2,1H3,(H2,25,26,27,28). The van der Waals surface area contributed by atoms with Gasteiger partial charge in [0.05, 0.1) is 5.39 Å². The molecule has 0 aliphatic carbocycles. The van der Waals surface area contributed by atoms with Crippen LogP contribution >= 0.6 is 0 Å². The second-order valence-electron chi connectivity index (χ2n) is 7.74. The molecule has 1 fully saturated rings. The summed E-state index contributed by atoms with van der Waals surface area (Å²) in [6.07, 6.45) is 5.44. The fourth-order valence-electron chi connectivity index (χ4n) is 3.82. The van der Waals surface area contributed by atoms with Gasteiger partial charge in [-0.3, -0.25) is 10.1 Å². The van der Waals surface area contributed by atoms with Crippen molar-refractivity contribution in [3.05, 3.63) is 66.6 Å². The van der Waals surface area contributed by atoms with Crippen molar-refractivity contribution in [3.63, 3.8) is 0 Å². The Kier molecular flexibility index (Phi) is 5.03. The Labute approximate surface area is 175 Å². The molecule has 0 saturated carbocycles. The van der Waals surface area contributed by atoms with Crippen molar-refractivity contribution in [2.45, 2.75) is 6.54 Å². The molecule has 30 heavy (non-hydrogen) atoms. The monoisotopic (exact) mass is 399 g/mol. The number of H-pyrrole nitrogens is 1. The van der Waals surface area contributed by atoms with Gasteiger partial charge in [0.15, 0.2) is 11.5 Å². The maximum absolute atomic E-state index is 4.51. The lowest BCUT2D eigenvalue weighted by molar-refractivity contribution is 0.313. The zero-order valence-electron chi connectivity index (χ0n) is 17.0. The van der Waals surface area contributed by atoms with Crippen molar-refractivity contribution in [3.8, 4) is 11.1 Å². The molecule has 1 saturated heterocycles. The normalized spacial score (nSPS) is 14.9. The Bertz CT molecular complexity index is 1110. The molecular weight excluding hydrogens is 374 g/mol.